The van der Waals surface area contributed by atoms with Gasteiger partial charge in [-0.05, 0) is 13.3 Å². The molecule has 0 radical (unpaired) electrons. The van der Waals surface area contributed by atoms with E-state index in [4.69, 9.17) is 0 Å². The molecule has 0 spiro atoms. The van der Waals surface area contributed by atoms with Gasteiger partial charge in [-0.15, -0.1) is 0 Å². The maximum absolute atomic E-state index is 10.2. The van der Waals surface area contributed by atoms with Crippen molar-refractivity contribution in [2.24, 2.45) is 0 Å². The molecule has 0 atom stereocenters. The molecule has 0 aromatic rings. The van der Waals surface area contributed by atoms with Gasteiger partial charge in [-0.1, -0.05) is 13.3 Å². The standard InChI is InChI=1S/C6H12O.3BF4.K.H/c1-3-4-5-6(2)7;3*2-1(3,4)5;;/h3-5H2,1-2H3;;;;;/q;3*-1;;. The van der Waals surface area contributed by atoms with Gasteiger partial charge in [0.05, 0.1) is 0 Å². The van der Waals surface area contributed by atoms with E-state index in [2.05, 4.69) is 6.92 Å². The summed E-state index contributed by atoms with van der Waals surface area (Å²) in [6.07, 6.45) is 2.94. The quantitative estimate of drug-likeness (QED) is 0.480. The molecule has 1 nitrogen and oxygen atoms in total. The molecule has 0 aliphatic heterocycles. The Balaban J connectivity index is -0.0000000625. The van der Waals surface area contributed by atoms with Gasteiger partial charge in [0.1, 0.15) is 5.78 Å². The molecule has 0 saturated heterocycles. The van der Waals surface area contributed by atoms with Crippen LogP contribution in [0.5, 0.6) is 0 Å². The minimum atomic E-state index is -6.00. The molecule has 23 heavy (non-hydrogen) atoms. The number of ketones is 1. The molecule has 0 bridgehead atoms. The van der Waals surface area contributed by atoms with Crippen LogP contribution in [0.2, 0.25) is 0 Å². The Morgan fingerprint density at radius 2 is 0.870 bits per heavy atom. The van der Waals surface area contributed by atoms with Gasteiger partial charge in [-0.2, -0.15) is 0 Å². The zero-order valence-corrected chi connectivity index (χ0v) is 11.3. The van der Waals surface area contributed by atoms with Crippen molar-refractivity contribution in [3.05, 3.63) is 0 Å². The first-order chi connectivity index (χ1) is 9.27. The predicted molar refractivity (Wildman–Crippen MR) is 67.9 cm³/mol. The van der Waals surface area contributed by atoms with E-state index in [1.54, 1.807) is 6.92 Å². The second-order valence-corrected chi connectivity index (χ2v) is 3.29. The summed E-state index contributed by atoms with van der Waals surface area (Å²) in [6.45, 7) is 3.72. The van der Waals surface area contributed by atoms with Gasteiger partial charge >= 0.3 is 73.1 Å². The zero-order chi connectivity index (χ0) is 19.2. The second-order valence-electron chi connectivity index (χ2n) is 3.29. The first-order valence-electron chi connectivity index (χ1n) is 5.38. The Bertz CT molecular complexity index is 218. The average Bonchev–Trinajstić information content (AvgIpc) is 2.05. The van der Waals surface area contributed by atoms with Crippen molar-refractivity contribution in [2.75, 3.05) is 0 Å². The van der Waals surface area contributed by atoms with Crippen LogP contribution < -0.4 is 0 Å². The van der Waals surface area contributed by atoms with Crippen LogP contribution in [0.4, 0.5) is 51.8 Å². The summed E-state index contributed by atoms with van der Waals surface area (Å²) >= 11 is 0. The van der Waals surface area contributed by atoms with E-state index in [0.717, 1.165) is 19.3 Å². The van der Waals surface area contributed by atoms with Gasteiger partial charge in [0.25, 0.3) is 0 Å². The van der Waals surface area contributed by atoms with Crippen molar-refractivity contribution in [1.82, 2.24) is 0 Å². The van der Waals surface area contributed by atoms with Gasteiger partial charge in [-0.3, -0.25) is 0 Å². The number of Topliss-reactive ketones (excluding diaryl/α,β-unsaturated/α-hetero) is 1. The summed E-state index contributed by atoms with van der Waals surface area (Å²) < 4.78 is 117. The number of halogens is 12. The van der Waals surface area contributed by atoms with Crippen molar-refractivity contribution in [2.45, 2.75) is 33.1 Å². The molecule has 0 saturated carbocycles. The molecule has 0 aromatic carbocycles. The van der Waals surface area contributed by atoms with Crippen LogP contribution >= 0.6 is 0 Å². The van der Waals surface area contributed by atoms with E-state index < -0.39 is 21.8 Å². The fourth-order valence-electron chi connectivity index (χ4n) is 0.426. The van der Waals surface area contributed by atoms with Crippen molar-refractivity contribution in [3.63, 3.8) is 0 Å². The number of unbranched alkanes of at least 4 members (excludes halogenated alkanes) is 1. The number of rotatable bonds is 3. The molecule has 0 aliphatic rings. The molecule has 0 aliphatic carbocycles. The molecule has 0 aromatic heterocycles. The Morgan fingerprint density at radius 1 is 0.696 bits per heavy atom. The maximum atomic E-state index is 10.2. The Hall–Kier alpha value is 0.661. The first-order valence-corrected chi connectivity index (χ1v) is 5.38. The van der Waals surface area contributed by atoms with Crippen molar-refractivity contribution < 1.29 is 56.6 Å². The molecule has 0 N–H and O–H groups in total. The van der Waals surface area contributed by atoms with E-state index in [9.17, 15) is 56.6 Å². The van der Waals surface area contributed by atoms with E-state index in [0.29, 0.717) is 5.78 Å². The van der Waals surface area contributed by atoms with Crippen LogP contribution in [-0.4, -0.2) is 78.9 Å². The summed E-state index contributed by atoms with van der Waals surface area (Å²) in [4.78, 5) is 10.2. The van der Waals surface area contributed by atoms with Gasteiger partial charge in [0, 0.05) is 6.42 Å². The fraction of sp³-hybridized carbons (Fsp3) is 0.833. The van der Waals surface area contributed by atoms with Crippen molar-refractivity contribution in [3.8, 4) is 0 Å². The number of hydrogen-bond donors (Lipinski definition) is 0. The third-order valence-electron chi connectivity index (χ3n) is 0.882. The van der Waals surface area contributed by atoms with Crippen LogP contribution in [-0.2, 0) is 4.79 Å². The molecular weight excluding hydrogens is 388 g/mol. The number of carbonyl (C=O) groups excluding carboxylic acids is 1. The van der Waals surface area contributed by atoms with Crippen LogP contribution in [0.15, 0.2) is 0 Å². The van der Waals surface area contributed by atoms with Gasteiger partial charge in [0.2, 0.25) is 0 Å². The third-order valence-corrected chi connectivity index (χ3v) is 0.882. The Morgan fingerprint density at radius 3 is 0.913 bits per heavy atom. The molecule has 0 rings (SSSR count). The van der Waals surface area contributed by atoms with E-state index in [1.807, 2.05) is 0 Å². The molecule has 0 unspecified atom stereocenters. The van der Waals surface area contributed by atoms with Gasteiger partial charge < -0.3 is 56.6 Å². The predicted octanol–water partition coefficient (Wildman–Crippen LogP) is 5.02. The number of carbonyl (C=O) groups is 1. The zero-order valence-electron chi connectivity index (χ0n) is 11.3. The molecule has 17 heteroatoms. The summed E-state index contributed by atoms with van der Waals surface area (Å²) in [7, 11) is -18.0. The van der Waals surface area contributed by atoms with Crippen LogP contribution in [0.1, 0.15) is 33.1 Å². The van der Waals surface area contributed by atoms with Crippen molar-refractivity contribution in [1.29, 1.82) is 0 Å². The third kappa shape index (κ3) is 445. The minimum absolute atomic E-state index is 0. The van der Waals surface area contributed by atoms with E-state index in [1.165, 1.54) is 0 Å². The fourth-order valence-corrected chi connectivity index (χ4v) is 0.426. The van der Waals surface area contributed by atoms with Gasteiger partial charge in [-0.25, -0.2) is 0 Å². The molecule has 140 valence electrons. The summed E-state index contributed by atoms with van der Waals surface area (Å²) in [5.74, 6) is 0.307. The summed E-state index contributed by atoms with van der Waals surface area (Å²) in [5.41, 5.74) is 0. The van der Waals surface area contributed by atoms with Crippen LogP contribution in [0.3, 0.4) is 0 Å². The normalized spacial score (nSPS) is 10.5. The Labute approximate surface area is 167 Å². The molecule has 0 heterocycles. The SMILES string of the molecule is CCCCC(C)=O.F[B-](F)(F)F.F[B-](F)(F)F.F[B-](F)(F)F.[KH]. The summed E-state index contributed by atoms with van der Waals surface area (Å²) in [6, 6.07) is 0. The number of hydrogen-bond acceptors (Lipinski definition) is 1. The molecular formula is C6H13B3F12KO-3. The molecule has 0 amide bonds. The van der Waals surface area contributed by atoms with Gasteiger partial charge in [0.15, 0.2) is 0 Å². The second kappa shape index (κ2) is 17.5. The monoisotopic (exact) mass is 401 g/mol. The van der Waals surface area contributed by atoms with E-state index in [-0.39, 0.29) is 51.4 Å². The molecule has 0 fully saturated rings. The topological polar surface area (TPSA) is 17.1 Å². The summed E-state index contributed by atoms with van der Waals surface area (Å²) in [5, 5.41) is 0. The Kier molecular flexibility index (Phi) is 26.5. The van der Waals surface area contributed by atoms with Crippen LogP contribution in [0.25, 0.3) is 0 Å². The van der Waals surface area contributed by atoms with Crippen molar-refractivity contribution >= 4 is 78.9 Å². The first kappa shape index (κ1) is 34.9. The van der Waals surface area contributed by atoms with Crippen LogP contribution in [0, 0.1) is 0 Å². The average molecular weight is 401 g/mol. The van der Waals surface area contributed by atoms with E-state index >= 15 is 0 Å².